The highest BCUT2D eigenvalue weighted by Crippen LogP contribution is 2.26. The van der Waals surface area contributed by atoms with E-state index in [4.69, 9.17) is 14.2 Å². The number of unbranched alkanes of at least 4 members (excludes halogenated alkanes) is 12. The number of carbonyl (C=O) groups is 2. The molecule has 2 N–H and O–H groups in total. The summed E-state index contributed by atoms with van der Waals surface area (Å²) in [4.78, 5) is 24.7. The van der Waals surface area contributed by atoms with E-state index in [2.05, 4.69) is 12.2 Å². The third kappa shape index (κ3) is 13.4. The highest BCUT2D eigenvalue weighted by molar-refractivity contribution is 5.90. The van der Waals surface area contributed by atoms with Crippen molar-refractivity contribution in [2.45, 2.75) is 129 Å². The van der Waals surface area contributed by atoms with Crippen molar-refractivity contribution < 1.29 is 28.9 Å². The van der Waals surface area contributed by atoms with E-state index in [1.807, 2.05) is 37.3 Å². The fourth-order valence-electron chi connectivity index (χ4n) is 4.67. The molecule has 0 saturated heterocycles. The Morgan fingerprint density at radius 1 is 0.897 bits per heavy atom. The number of benzene rings is 1. The van der Waals surface area contributed by atoms with Crippen LogP contribution in [0, 0.1) is 0 Å². The highest BCUT2D eigenvalue weighted by atomic mass is 16.6. The summed E-state index contributed by atoms with van der Waals surface area (Å²) >= 11 is 0. The minimum absolute atomic E-state index is 0.0645. The summed E-state index contributed by atoms with van der Waals surface area (Å²) in [6, 6.07) is 9.52. The van der Waals surface area contributed by atoms with Crippen LogP contribution in [-0.2, 0) is 30.4 Å². The SMILES string of the molecule is CCCCCCCCCCCCCCCC(=O)OCC(O)C1OC(=O)C(OCc2ccccc2)=C1NCCC. The average Bonchev–Trinajstić information content (AvgIpc) is 3.27. The predicted octanol–water partition coefficient (Wildman–Crippen LogP) is 6.73. The van der Waals surface area contributed by atoms with Crippen molar-refractivity contribution in [2.75, 3.05) is 13.2 Å². The molecule has 1 aliphatic rings. The molecule has 0 saturated carbocycles. The largest absolute Gasteiger partial charge is 0.480 e. The number of aliphatic hydroxyl groups is 1. The zero-order chi connectivity index (χ0) is 28.1. The minimum atomic E-state index is -1.18. The Hall–Kier alpha value is -2.54. The molecule has 0 bridgehead atoms. The Morgan fingerprint density at radius 3 is 2.08 bits per heavy atom. The van der Waals surface area contributed by atoms with Gasteiger partial charge in [-0.15, -0.1) is 0 Å². The van der Waals surface area contributed by atoms with E-state index in [1.54, 1.807) is 0 Å². The van der Waals surface area contributed by atoms with Crippen molar-refractivity contribution in [3.63, 3.8) is 0 Å². The van der Waals surface area contributed by atoms with Gasteiger partial charge in [-0.25, -0.2) is 4.79 Å². The maximum absolute atomic E-state index is 12.5. The molecule has 2 rings (SSSR count). The molecule has 39 heavy (non-hydrogen) atoms. The van der Waals surface area contributed by atoms with E-state index < -0.39 is 18.2 Å². The van der Waals surface area contributed by atoms with Crippen LogP contribution < -0.4 is 5.32 Å². The molecular formula is C32H51NO6. The first kappa shape index (κ1) is 32.7. The van der Waals surface area contributed by atoms with Gasteiger partial charge in [0.1, 0.15) is 25.0 Å². The fourth-order valence-corrected chi connectivity index (χ4v) is 4.67. The maximum Gasteiger partial charge on any atom is 0.376 e. The van der Waals surface area contributed by atoms with E-state index in [0.717, 1.165) is 31.2 Å². The molecular weight excluding hydrogens is 494 g/mol. The highest BCUT2D eigenvalue weighted by Gasteiger charge is 2.40. The summed E-state index contributed by atoms with van der Waals surface area (Å²) in [5.41, 5.74) is 1.32. The van der Waals surface area contributed by atoms with Crippen molar-refractivity contribution in [1.82, 2.24) is 5.32 Å². The van der Waals surface area contributed by atoms with Crippen LogP contribution in [0.3, 0.4) is 0 Å². The van der Waals surface area contributed by atoms with Crippen LogP contribution in [0.15, 0.2) is 41.8 Å². The van der Waals surface area contributed by atoms with Crippen molar-refractivity contribution >= 4 is 11.9 Å². The third-order valence-corrected chi connectivity index (χ3v) is 6.99. The standard InChI is InChI=1S/C32H51NO6/c1-3-5-6-7-8-9-10-11-12-13-14-15-19-22-28(35)37-25-27(34)30-29(33-23-4-2)31(32(36)39-30)38-24-26-20-17-16-18-21-26/h16-18,20-21,27,30,33-34H,3-15,19,22-25H2,1-2H3. The van der Waals surface area contributed by atoms with Crippen LogP contribution in [-0.4, -0.2) is 42.4 Å². The second-order valence-electron chi connectivity index (χ2n) is 10.5. The molecule has 7 nitrogen and oxygen atoms in total. The minimum Gasteiger partial charge on any atom is -0.480 e. The van der Waals surface area contributed by atoms with Crippen molar-refractivity contribution in [2.24, 2.45) is 0 Å². The summed E-state index contributed by atoms with van der Waals surface area (Å²) in [5, 5.41) is 13.8. The van der Waals surface area contributed by atoms with Gasteiger partial charge < -0.3 is 24.6 Å². The fraction of sp³-hybridized carbons (Fsp3) is 0.688. The number of carbonyl (C=O) groups excluding carboxylic acids is 2. The molecule has 0 aliphatic carbocycles. The molecule has 1 heterocycles. The van der Waals surface area contributed by atoms with Gasteiger partial charge in [0.05, 0.1) is 0 Å². The van der Waals surface area contributed by atoms with Crippen LogP contribution in [0.1, 0.15) is 116 Å². The number of ether oxygens (including phenoxy) is 3. The molecule has 1 aromatic carbocycles. The lowest BCUT2D eigenvalue weighted by molar-refractivity contribution is -0.154. The van der Waals surface area contributed by atoms with Gasteiger partial charge in [-0.3, -0.25) is 4.79 Å². The number of hydrogen-bond donors (Lipinski definition) is 2. The molecule has 1 aliphatic heterocycles. The molecule has 0 radical (unpaired) electrons. The van der Waals surface area contributed by atoms with E-state index in [0.29, 0.717) is 18.7 Å². The average molecular weight is 546 g/mol. The number of hydrogen-bond acceptors (Lipinski definition) is 7. The quantitative estimate of drug-likeness (QED) is 0.116. The van der Waals surface area contributed by atoms with E-state index in [-0.39, 0.29) is 24.9 Å². The smallest absolute Gasteiger partial charge is 0.376 e. The van der Waals surface area contributed by atoms with Gasteiger partial charge in [0.25, 0.3) is 0 Å². The van der Waals surface area contributed by atoms with Crippen LogP contribution >= 0.6 is 0 Å². The molecule has 0 amide bonds. The Kier molecular flexibility index (Phi) is 17.1. The topological polar surface area (TPSA) is 94.1 Å². The molecule has 0 aromatic heterocycles. The van der Waals surface area contributed by atoms with Crippen molar-refractivity contribution in [1.29, 1.82) is 0 Å². The lowest BCUT2D eigenvalue weighted by Crippen LogP contribution is -2.37. The second-order valence-corrected chi connectivity index (χ2v) is 10.5. The molecule has 0 spiro atoms. The second kappa shape index (κ2) is 20.4. The monoisotopic (exact) mass is 545 g/mol. The number of rotatable bonds is 23. The normalized spacial score (nSPS) is 15.8. The van der Waals surface area contributed by atoms with Gasteiger partial charge in [-0.2, -0.15) is 0 Å². The van der Waals surface area contributed by atoms with Gasteiger partial charge >= 0.3 is 11.9 Å². The number of aliphatic hydroxyl groups excluding tert-OH is 1. The summed E-state index contributed by atoms with van der Waals surface area (Å²) in [6.45, 7) is 4.81. The predicted molar refractivity (Wildman–Crippen MR) is 154 cm³/mol. The van der Waals surface area contributed by atoms with Gasteiger partial charge in [-0.1, -0.05) is 121 Å². The Balaban J connectivity index is 1.63. The zero-order valence-corrected chi connectivity index (χ0v) is 24.3. The maximum atomic E-state index is 12.5. The number of nitrogens with one attached hydrogen (secondary N) is 1. The summed E-state index contributed by atoms with van der Waals surface area (Å²) in [7, 11) is 0. The summed E-state index contributed by atoms with van der Waals surface area (Å²) in [6.07, 6.45) is 15.2. The Bertz CT molecular complexity index is 840. The van der Waals surface area contributed by atoms with E-state index >= 15 is 0 Å². The van der Waals surface area contributed by atoms with Crippen LogP contribution in [0.5, 0.6) is 0 Å². The molecule has 2 unspecified atom stereocenters. The molecule has 1 aromatic rings. The van der Waals surface area contributed by atoms with E-state index in [1.165, 1.54) is 64.2 Å². The van der Waals surface area contributed by atoms with Gasteiger partial charge in [0.2, 0.25) is 5.76 Å². The molecule has 0 fully saturated rings. The first-order valence-corrected chi connectivity index (χ1v) is 15.3. The van der Waals surface area contributed by atoms with Crippen LogP contribution in [0.25, 0.3) is 0 Å². The van der Waals surface area contributed by atoms with Crippen molar-refractivity contribution in [3.05, 3.63) is 47.4 Å². The lowest BCUT2D eigenvalue weighted by atomic mass is 10.0. The van der Waals surface area contributed by atoms with Gasteiger partial charge in [-0.05, 0) is 18.4 Å². The lowest BCUT2D eigenvalue weighted by Gasteiger charge is -2.20. The third-order valence-electron chi connectivity index (χ3n) is 6.99. The Labute approximate surface area is 235 Å². The number of esters is 2. The van der Waals surface area contributed by atoms with Gasteiger partial charge in [0.15, 0.2) is 6.10 Å². The van der Waals surface area contributed by atoms with Gasteiger partial charge in [0, 0.05) is 13.0 Å². The summed E-state index contributed by atoms with van der Waals surface area (Å²) in [5.74, 6) is -0.907. The van der Waals surface area contributed by atoms with Crippen LogP contribution in [0.4, 0.5) is 0 Å². The first-order valence-electron chi connectivity index (χ1n) is 15.3. The van der Waals surface area contributed by atoms with Crippen LogP contribution in [0.2, 0.25) is 0 Å². The molecule has 2 atom stereocenters. The van der Waals surface area contributed by atoms with E-state index in [9.17, 15) is 14.7 Å². The molecule has 220 valence electrons. The molecule has 7 heteroatoms. The van der Waals surface area contributed by atoms with Crippen molar-refractivity contribution in [3.8, 4) is 0 Å². The number of cyclic esters (lactones) is 1. The Morgan fingerprint density at radius 2 is 1.49 bits per heavy atom. The first-order chi connectivity index (χ1) is 19.1. The zero-order valence-electron chi connectivity index (χ0n) is 24.3. The summed E-state index contributed by atoms with van der Waals surface area (Å²) < 4.78 is 16.5.